The molecule has 0 radical (unpaired) electrons. The van der Waals surface area contributed by atoms with Gasteiger partial charge in [0.25, 0.3) is 0 Å². The van der Waals surface area contributed by atoms with Gasteiger partial charge in [0.2, 0.25) is 0 Å². The molecular weight excluding hydrogens is 276 g/mol. The summed E-state index contributed by atoms with van der Waals surface area (Å²) in [6, 6.07) is 8.14. The molecule has 0 fully saturated rings. The van der Waals surface area contributed by atoms with Gasteiger partial charge in [-0.1, -0.05) is 30.3 Å². The fourth-order valence-corrected chi connectivity index (χ4v) is 1.79. The molecule has 0 spiro atoms. The van der Waals surface area contributed by atoms with Crippen LogP contribution in [-0.4, -0.2) is 41.7 Å². The third-order valence-electron chi connectivity index (χ3n) is 2.87. The molecule has 0 aliphatic rings. The van der Waals surface area contributed by atoms with Crippen molar-refractivity contribution in [2.75, 3.05) is 13.7 Å². The van der Waals surface area contributed by atoms with Crippen LogP contribution < -0.4 is 0 Å². The number of hydrogen-bond donors (Lipinski definition) is 2. The van der Waals surface area contributed by atoms with E-state index in [1.54, 1.807) is 30.3 Å². The summed E-state index contributed by atoms with van der Waals surface area (Å²) in [5.41, 5.74) is -0.380. The summed E-state index contributed by atoms with van der Waals surface area (Å²) in [5, 5.41) is 18.3. The van der Waals surface area contributed by atoms with E-state index in [1.807, 2.05) is 0 Å². The van der Waals surface area contributed by atoms with E-state index in [0.29, 0.717) is 5.56 Å². The Labute approximate surface area is 121 Å². The van der Waals surface area contributed by atoms with Crippen molar-refractivity contribution in [3.05, 3.63) is 47.0 Å². The fourth-order valence-electron chi connectivity index (χ4n) is 1.79. The summed E-state index contributed by atoms with van der Waals surface area (Å²) < 4.78 is 4.77. The maximum Gasteiger partial charge on any atom is 0.332 e. The standard InChI is InChI=1S/C15H16O6/c1-21-8-7-11(14(17)18)12(15(19)20)9-13(16)10-5-3-2-4-6-10/h2-6H,7-9H2,1H3,(H,17,18)(H,19,20). The number of ether oxygens (including phenoxy) is 1. The maximum absolute atomic E-state index is 12.0. The van der Waals surface area contributed by atoms with Crippen LogP contribution in [0.4, 0.5) is 0 Å². The van der Waals surface area contributed by atoms with Crippen molar-refractivity contribution in [3.8, 4) is 0 Å². The van der Waals surface area contributed by atoms with E-state index in [4.69, 9.17) is 9.84 Å². The number of rotatable bonds is 8. The minimum atomic E-state index is -1.41. The van der Waals surface area contributed by atoms with E-state index < -0.39 is 29.7 Å². The van der Waals surface area contributed by atoms with Gasteiger partial charge >= 0.3 is 11.9 Å². The quantitative estimate of drug-likeness (QED) is 0.559. The van der Waals surface area contributed by atoms with Gasteiger partial charge in [-0.2, -0.15) is 0 Å². The molecule has 0 bridgehead atoms. The Kier molecular flexibility index (Phi) is 6.29. The molecule has 6 heteroatoms. The number of hydrogen-bond acceptors (Lipinski definition) is 4. The molecule has 112 valence electrons. The molecule has 21 heavy (non-hydrogen) atoms. The van der Waals surface area contributed by atoms with Crippen molar-refractivity contribution in [3.63, 3.8) is 0 Å². The fraction of sp³-hybridized carbons (Fsp3) is 0.267. The number of aliphatic carboxylic acids is 2. The number of Topliss-reactive ketones (excluding diaryl/α,β-unsaturated/α-hetero) is 1. The van der Waals surface area contributed by atoms with Crippen molar-refractivity contribution in [2.24, 2.45) is 0 Å². The van der Waals surface area contributed by atoms with E-state index >= 15 is 0 Å². The van der Waals surface area contributed by atoms with E-state index in [9.17, 15) is 19.5 Å². The van der Waals surface area contributed by atoms with Gasteiger partial charge in [-0.05, 0) is 0 Å². The third kappa shape index (κ3) is 4.85. The molecule has 1 aromatic carbocycles. The van der Waals surface area contributed by atoms with Crippen molar-refractivity contribution < 1.29 is 29.3 Å². The second-order valence-corrected chi connectivity index (χ2v) is 4.28. The number of carbonyl (C=O) groups is 3. The zero-order valence-electron chi connectivity index (χ0n) is 11.5. The lowest BCUT2D eigenvalue weighted by Crippen LogP contribution is -2.16. The predicted octanol–water partition coefficient (Wildman–Crippen LogP) is 1.76. The van der Waals surface area contributed by atoms with Crippen LogP contribution in [0.1, 0.15) is 23.2 Å². The molecule has 0 unspecified atom stereocenters. The number of methoxy groups -OCH3 is 1. The highest BCUT2D eigenvalue weighted by molar-refractivity contribution is 6.06. The molecule has 1 aromatic rings. The van der Waals surface area contributed by atoms with Gasteiger partial charge < -0.3 is 14.9 Å². The van der Waals surface area contributed by atoms with Gasteiger partial charge in [-0.3, -0.25) is 4.79 Å². The van der Waals surface area contributed by atoms with Crippen LogP contribution in [0.25, 0.3) is 0 Å². The number of carboxylic acids is 2. The van der Waals surface area contributed by atoms with E-state index in [1.165, 1.54) is 7.11 Å². The Morgan fingerprint density at radius 3 is 2.05 bits per heavy atom. The smallest absolute Gasteiger partial charge is 0.332 e. The highest BCUT2D eigenvalue weighted by Crippen LogP contribution is 2.17. The highest BCUT2D eigenvalue weighted by atomic mass is 16.5. The van der Waals surface area contributed by atoms with E-state index in [2.05, 4.69) is 0 Å². The Bertz CT molecular complexity index is 559. The van der Waals surface area contributed by atoms with Gasteiger partial charge in [-0.15, -0.1) is 0 Å². The Morgan fingerprint density at radius 2 is 1.57 bits per heavy atom. The predicted molar refractivity (Wildman–Crippen MR) is 74.2 cm³/mol. The van der Waals surface area contributed by atoms with Crippen molar-refractivity contribution >= 4 is 17.7 Å². The Balaban J connectivity index is 3.07. The molecule has 0 amide bonds. The summed E-state index contributed by atoms with van der Waals surface area (Å²) >= 11 is 0. The summed E-state index contributed by atoms with van der Waals surface area (Å²) in [6.45, 7) is 0.0674. The van der Waals surface area contributed by atoms with Gasteiger partial charge in [0, 0.05) is 25.5 Å². The van der Waals surface area contributed by atoms with Crippen LogP contribution in [0.3, 0.4) is 0 Å². The Morgan fingerprint density at radius 1 is 1.00 bits per heavy atom. The largest absolute Gasteiger partial charge is 0.478 e. The van der Waals surface area contributed by atoms with Crippen molar-refractivity contribution in [1.29, 1.82) is 0 Å². The van der Waals surface area contributed by atoms with Crippen molar-refractivity contribution in [1.82, 2.24) is 0 Å². The molecule has 2 N–H and O–H groups in total. The first-order chi connectivity index (χ1) is 9.97. The van der Waals surface area contributed by atoms with Crippen LogP contribution >= 0.6 is 0 Å². The average Bonchev–Trinajstić information content (AvgIpc) is 2.46. The summed E-state index contributed by atoms with van der Waals surface area (Å²) in [7, 11) is 1.38. The molecule has 6 nitrogen and oxygen atoms in total. The van der Waals surface area contributed by atoms with Gasteiger partial charge in [0.15, 0.2) is 5.78 Å². The van der Waals surface area contributed by atoms with Crippen LogP contribution in [0.5, 0.6) is 0 Å². The molecule has 0 aliphatic heterocycles. The number of ketones is 1. The van der Waals surface area contributed by atoms with Crippen LogP contribution in [-0.2, 0) is 14.3 Å². The normalized spacial score (nSPS) is 11.7. The molecule has 0 aromatic heterocycles. The first-order valence-electron chi connectivity index (χ1n) is 6.23. The number of benzene rings is 1. The molecule has 0 saturated heterocycles. The van der Waals surface area contributed by atoms with Crippen LogP contribution in [0.2, 0.25) is 0 Å². The van der Waals surface area contributed by atoms with E-state index in [-0.39, 0.29) is 18.6 Å². The SMILES string of the molecule is COCCC(C(=O)O)=C(CC(=O)c1ccccc1)C(=O)O. The summed E-state index contributed by atoms with van der Waals surface area (Å²) in [4.78, 5) is 34.5. The molecule has 0 aliphatic carbocycles. The minimum Gasteiger partial charge on any atom is -0.478 e. The van der Waals surface area contributed by atoms with Gasteiger partial charge in [0.1, 0.15) is 0 Å². The molecule has 0 saturated carbocycles. The summed E-state index contributed by atoms with van der Waals surface area (Å²) in [6.07, 6.45) is -0.541. The third-order valence-corrected chi connectivity index (χ3v) is 2.87. The molecule has 0 heterocycles. The number of carboxylic acid groups (broad SMARTS) is 2. The Hall–Kier alpha value is -2.47. The molecule has 1 rings (SSSR count). The molecular formula is C15H16O6. The van der Waals surface area contributed by atoms with Crippen molar-refractivity contribution in [2.45, 2.75) is 12.8 Å². The lowest BCUT2D eigenvalue weighted by atomic mass is 9.97. The first kappa shape index (κ1) is 16.6. The monoisotopic (exact) mass is 292 g/mol. The summed E-state index contributed by atoms with van der Waals surface area (Å²) in [5.74, 6) is -3.21. The zero-order chi connectivity index (χ0) is 15.8. The average molecular weight is 292 g/mol. The molecule has 0 atom stereocenters. The lowest BCUT2D eigenvalue weighted by Gasteiger charge is -2.08. The zero-order valence-corrected chi connectivity index (χ0v) is 11.5. The van der Waals surface area contributed by atoms with Crippen LogP contribution in [0, 0.1) is 0 Å². The second-order valence-electron chi connectivity index (χ2n) is 4.28. The van der Waals surface area contributed by atoms with Gasteiger partial charge in [-0.25, -0.2) is 9.59 Å². The first-order valence-corrected chi connectivity index (χ1v) is 6.23. The van der Waals surface area contributed by atoms with Crippen LogP contribution in [0.15, 0.2) is 41.5 Å². The second kappa shape index (κ2) is 7.96. The minimum absolute atomic E-state index is 0.0674. The topological polar surface area (TPSA) is 101 Å². The number of carbonyl (C=O) groups excluding carboxylic acids is 1. The highest BCUT2D eigenvalue weighted by Gasteiger charge is 2.23. The maximum atomic E-state index is 12.0. The van der Waals surface area contributed by atoms with Gasteiger partial charge in [0.05, 0.1) is 17.8 Å². The van der Waals surface area contributed by atoms with E-state index in [0.717, 1.165) is 0 Å². The lowest BCUT2D eigenvalue weighted by molar-refractivity contribution is -0.136.